The van der Waals surface area contributed by atoms with E-state index in [-0.39, 0.29) is 11.6 Å². The second kappa shape index (κ2) is 7.47. The molecule has 3 aromatic rings. The van der Waals surface area contributed by atoms with Gasteiger partial charge in [-0.05, 0) is 25.0 Å². The normalized spacial score (nSPS) is 14.9. The highest BCUT2D eigenvalue weighted by Crippen LogP contribution is 2.22. The molecule has 0 radical (unpaired) electrons. The van der Waals surface area contributed by atoms with Crippen molar-refractivity contribution < 1.29 is 4.79 Å². The lowest BCUT2D eigenvalue weighted by Crippen LogP contribution is -2.23. The third-order valence-corrected chi connectivity index (χ3v) is 4.72. The minimum atomic E-state index is -0.292. The monoisotopic (exact) mass is 347 g/mol. The van der Waals surface area contributed by atoms with Crippen molar-refractivity contribution in [3.05, 3.63) is 54.6 Å². The van der Waals surface area contributed by atoms with Crippen LogP contribution in [-0.4, -0.2) is 26.9 Å². The van der Waals surface area contributed by atoms with Crippen molar-refractivity contribution in [2.75, 3.05) is 10.6 Å². The predicted molar refractivity (Wildman–Crippen MR) is 102 cm³/mol. The molecule has 1 fully saturated rings. The van der Waals surface area contributed by atoms with E-state index in [9.17, 15) is 4.79 Å². The Labute approximate surface area is 152 Å². The van der Waals surface area contributed by atoms with E-state index in [0.29, 0.717) is 11.7 Å². The van der Waals surface area contributed by atoms with Crippen molar-refractivity contribution in [1.29, 1.82) is 0 Å². The molecule has 0 saturated heterocycles. The lowest BCUT2D eigenvalue weighted by atomic mass is 9.96. The lowest BCUT2D eigenvalue weighted by Gasteiger charge is -2.23. The fraction of sp³-hybridized carbons (Fsp3) is 0.300. The number of para-hydroxylation sites is 1. The highest BCUT2D eigenvalue weighted by molar-refractivity contribution is 6.07. The third-order valence-electron chi connectivity index (χ3n) is 4.72. The van der Waals surface area contributed by atoms with E-state index in [4.69, 9.17) is 0 Å². The Bertz CT molecular complexity index is 898. The number of aromatic nitrogens is 3. The first kappa shape index (κ1) is 16.4. The van der Waals surface area contributed by atoms with Crippen LogP contribution < -0.4 is 10.6 Å². The largest absolute Gasteiger partial charge is 0.366 e. The van der Waals surface area contributed by atoms with Gasteiger partial charge in [0.1, 0.15) is 11.5 Å². The molecule has 132 valence electrons. The predicted octanol–water partition coefficient (Wildman–Crippen LogP) is 4.02. The summed E-state index contributed by atoms with van der Waals surface area (Å²) in [4.78, 5) is 25.5. The van der Waals surface area contributed by atoms with Crippen LogP contribution in [0.5, 0.6) is 0 Å². The Morgan fingerprint density at radius 1 is 0.962 bits per heavy atom. The molecule has 1 aliphatic rings. The van der Waals surface area contributed by atoms with Crippen LogP contribution in [-0.2, 0) is 0 Å². The van der Waals surface area contributed by atoms with Crippen LogP contribution >= 0.6 is 0 Å². The van der Waals surface area contributed by atoms with Crippen LogP contribution in [0, 0.1) is 0 Å². The van der Waals surface area contributed by atoms with Crippen molar-refractivity contribution in [1.82, 2.24) is 15.0 Å². The first-order valence-electron chi connectivity index (χ1n) is 9.03. The number of rotatable bonds is 4. The topological polar surface area (TPSA) is 79.8 Å². The number of fused-ring (bicyclic) bond motifs is 1. The number of hydrogen-bond acceptors (Lipinski definition) is 5. The number of benzene rings is 1. The van der Waals surface area contributed by atoms with Crippen molar-refractivity contribution in [2.45, 2.75) is 38.1 Å². The number of amides is 1. The second-order valence-electron chi connectivity index (χ2n) is 6.60. The average molecular weight is 347 g/mol. The summed E-state index contributed by atoms with van der Waals surface area (Å²) in [6.45, 7) is 0. The van der Waals surface area contributed by atoms with Gasteiger partial charge in [-0.2, -0.15) is 0 Å². The molecule has 0 unspecified atom stereocenters. The molecule has 26 heavy (non-hydrogen) atoms. The smallest absolute Gasteiger partial charge is 0.275 e. The average Bonchev–Trinajstić information content (AvgIpc) is 2.70. The Morgan fingerprint density at radius 2 is 1.81 bits per heavy atom. The van der Waals surface area contributed by atoms with Gasteiger partial charge in [-0.25, -0.2) is 9.97 Å². The van der Waals surface area contributed by atoms with E-state index in [2.05, 4.69) is 25.6 Å². The molecule has 0 atom stereocenters. The first-order valence-corrected chi connectivity index (χ1v) is 9.03. The van der Waals surface area contributed by atoms with Gasteiger partial charge in [-0.15, -0.1) is 0 Å². The number of anilines is 2. The first-order chi connectivity index (χ1) is 12.8. The van der Waals surface area contributed by atoms with E-state index in [1.165, 1.54) is 25.5 Å². The zero-order valence-electron chi connectivity index (χ0n) is 14.5. The molecule has 0 bridgehead atoms. The summed E-state index contributed by atoms with van der Waals surface area (Å²) in [6.07, 6.45) is 11.0. The number of hydrogen-bond donors (Lipinski definition) is 2. The maximum atomic E-state index is 12.5. The molecular formula is C20H21N5O. The van der Waals surface area contributed by atoms with Gasteiger partial charge in [0.2, 0.25) is 0 Å². The fourth-order valence-electron chi connectivity index (χ4n) is 3.37. The van der Waals surface area contributed by atoms with Crippen LogP contribution in [0.4, 0.5) is 11.5 Å². The fourth-order valence-corrected chi connectivity index (χ4v) is 3.37. The zero-order valence-corrected chi connectivity index (χ0v) is 14.5. The van der Waals surface area contributed by atoms with Gasteiger partial charge < -0.3 is 10.6 Å². The molecule has 1 aromatic carbocycles. The summed E-state index contributed by atoms with van der Waals surface area (Å²) in [7, 11) is 0. The molecule has 0 spiro atoms. The zero-order chi connectivity index (χ0) is 17.8. The van der Waals surface area contributed by atoms with Gasteiger partial charge >= 0.3 is 0 Å². The molecule has 2 heterocycles. The molecule has 6 nitrogen and oxygen atoms in total. The minimum Gasteiger partial charge on any atom is -0.366 e. The van der Waals surface area contributed by atoms with Crippen molar-refractivity contribution in [3.8, 4) is 0 Å². The number of carbonyl (C=O) groups is 1. The summed E-state index contributed by atoms with van der Waals surface area (Å²) < 4.78 is 0. The number of pyridine rings is 1. The van der Waals surface area contributed by atoms with Gasteiger partial charge in [0.15, 0.2) is 0 Å². The molecule has 1 amide bonds. The Hall–Kier alpha value is -3.02. The Morgan fingerprint density at radius 3 is 2.62 bits per heavy atom. The molecular weight excluding hydrogens is 326 g/mol. The minimum absolute atomic E-state index is 0.284. The maximum Gasteiger partial charge on any atom is 0.275 e. The maximum absolute atomic E-state index is 12.5. The van der Waals surface area contributed by atoms with Gasteiger partial charge in [-0.3, -0.25) is 9.78 Å². The van der Waals surface area contributed by atoms with E-state index in [0.717, 1.165) is 29.6 Å². The van der Waals surface area contributed by atoms with E-state index >= 15 is 0 Å². The van der Waals surface area contributed by atoms with Gasteiger partial charge in [-0.1, -0.05) is 37.5 Å². The molecule has 2 N–H and O–H groups in total. The standard InChI is InChI=1S/C20H21N5O/c26-20(25-16-10-4-6-14-7-5-11-21-19(14)16)17-12-23-18(13-22-17)24-15-8-2-1-3-9-15/h4-7,10-13,15H,1-3,8-9H2,(H,23,24)(H,25,26). The highest BCUT2D eigenvalue weighted by Gasteiger charge is 2.15. The van der Waals surface area contributed by atoms with Crippen molar-refractivity contribution >= 4 is 28.3 Å². The summed E-state index contributed by atoms with van der Waals surface area (Å²) >= 11 is 0. The SMILES string of the molecule is O=C(Nc1cccc2cccnc12)c1cnc(NC2CCCCC2)cn1. The van der Waals surface area contributed by atoms with Crippen molar-refractivity contribution in [3.63, 3.8) is 0 Å². The summed E-state index contributed by atoms with van der Waals surface area (Å²) in [5, 5.41) is 7.26. The summed E-state index contributed by atoms with van der Waals surface area (Å²) in [5.41, 5.74) is 1.71. The molecule has 4 rings (SSSR count). The highest BCUT2D eigenvalue weighted by atomic mass is 16.1. The van der Waals surface area contributed by atoms with Crippen LogP contribution in [0.15, 0.2) is 48.9 Å². The molecule has 1 aliphatic carbocycles. The molecule has 2 aromatic heterocycles. The van der Waals surface area contributed by atoms with Crippen LogP contribution in [0.2, 0.25) is 0 Å². The van der Waals surface area contributed by atoms with E-state index in [1.54, 1.807) is 12.4 Å². The Balaban J connectivity index is 1.46. The summed E-state index contributed by atoms with van der Waals surface area (Å²) in [6, 6.07) is 9.98. The number of nitrogens with zero attached hydrogens (tertiary/aromatic N) is 3. The number of nitrogens with one attached hydrogen (secondary N) is 2. The van der Waals surface area contributed by atoms with Crippen LogP contribution in [0.1, 0.15) is 42.6 Å². The number of carbonyl (C=O) groups excluding carboxylic acids is 1. The van der Waals surface area contributed by atoms with Crippen LogP contribution in [0.3, 0.4) is 0 Å². The van der Waals surface area contributed by atoms with Crippen LogP contribution in [0.25, 0.3) is 10.9 Å². The molecule has 0 aliphatic heterocycles. The van der Waals surface area contributed by atoms with Gasteiger partial charge in [0.05, 0.1) is 23.6 Å². The van der Waals surface area contributed by atoms with E-state index in [1.807, 2.05) is 30.3 Å². The summed E-state index contributed by atoms with van der Waals surface area (Å²) in [5.74, 6) is 0.431. The van der Waals surface area contributed by atoms with E-state index < -0.39 is 0 Å². The molecule has 6 heteroatoms. The van der Waals surface area contributed by atoms with Crippen molar-refractivity contribution in [2.24, 2.45) is 0 Å². The van der Waals surface area contributed by atoms with Gasteiger partial charge in [0.25, 0.3) is 5.91 Å². The Kier molecular flexibility index (Phi) is 4.73. The molecule has 1 saturated carbocycles. The lowest BCUT2D eigenvalue weighted by molar-refractivity contribution is 0.102. The van der Waals surface area contributed by atoms with Gasteiger partial charge in [0, 0.05) is 17.6 Å². The quantitative estimate of drug-likeness (QED) is 0.745. The second-order valence-corrected chi connectivity index (χ2v) is 6.60. The third kappa shape index (κ3) is 3.64.